The molecule has 1 rings (SSSR count). The number of carbonyl (C=O) groups is 2. The molecular formula is C30H56O4. The minimum atomic E-state index is -0.0719. The van der Waals surface area contributed by atoms with Crippen molar-refractivity contribution in [3.63, 3.8) is 0 Å². The summed E-state index contributed by atoms with van der Waals surface area (Å²) in [6.45, 7) is 19.4. The van der Waals surface area contributed by atoms with Crippen molar-refractivity contribution < 1.29 is 19.1 Å². The molecule has 1 fully saturated rings. The van der Waals surface area contributed by atoms with Crippen molar-refractivity contribution in [2.45, 2.75) is 132 Å². The van der Waals surface area contributed by atoms with Gasteiger partial charge in [0.25, 0.3) is 0 Å². The second-order valence-corrected chi connectivity index (χ2v) is 12.8. The van der Waals surface area contributed by atoms with Gasteiger partial charge in [-0.25, -0.2) is 0 Å². The molecule has 0 saturated heterocycles. The third-order valence-electron chi connectivity index (χ3n) is 8.28. The monoisotopic (exact) mass is 480 g/mol. The molecular weight excluding hydrogens is 424 g/mol. The van der Waals surface area contributed by atoms with Gasteiger partial charge in [0.1, 0.15) is 0 Å². The second kappa shape index (κ2) is 15.1. The van der Waals surface area contributed by atoms with Crippen molar-refractivity contribution in [1.82, 2.24) is 0 Å². The Labute approximate surface area is 211 Å². The van der Waals surface area contributed by atoms with Gasteiger partial charge in [-0.3, -0.25) is 9.59 Å². The first-order valence-electron chi connectivity index (χ1n) is 14.2. The molecule has 0 aromatic rings. The van der Waals surface area contributed by atoms with E-state index >= 15 is 0 Å². The number of hydrogen-bond acceptors (Lipinski definition) is 4. The standard InChI is InChI=1S/C30H56O4/c1-9-29(5,6)21-23(3)13-11-19-33-27(31)25-15-17-26(18-16-25)28(32)34-20-12-14-24(4)22-30(7,8)10-2/h23-26H,9-22H2,1-8H3. The molecule has 0 aromatic carbocycles. The highest BCUT2D eigenvalue weighted by Crippen LogP contribution is 2.33. The van der Waals surface area contributed by atoms with E-state index in [1.54, 1.807) is 0 Å². The second-order valence-electron chi connectivity index (χ2n) is 12.8. The van der Waals surface area contributed by atoms with Crippen molar-refractivity contribution in [2.24, 2.45) is 34.5 Å². The van der Waals surface area contributed by atoms with Crippen molar-refractivity contribution in [2.75, 3.05) is 13.2 Å². The van der Waals surface area contributed by atoms with Gasteiger partial charge in [-0.05, 0) is 86.9 Å². The number of carbonyl (C=O) groups excluding carboxylic acids is 2. The van der Waals surface area contributed by atoms with Crippen LogP contribution in [0.15, 0.2) is 0 Å². The first-order valence-corrected chi connectivity index (χ1v) is 14.2. The van der Waals surface area contributed by atoms with Crippen LogP contribution in [0.2, 0.25) is 0 Å². The van der Waals surface area contributed by atoms with Crippen LogP contribution in [-0.2, 0) is 19.1 Å². The average Bonchev–Trinajstić information content (AvgIpc) is 2.78. The summed E-state index contributed by atoms with van der Waals surface area (Å²) < 4.78 is 11.1. The molecule has 0 heterocycles. The molecule has 0 amide bonds. The fraction of sp³-hybridized carbons (Fsp3) is 0.933. The van der Waals surface area contributed by atoms with Crippen LogP contribution in [0.25, 0.3) is 0 Å². The van der Waals surface area contributed by atoms with Crippen molar-refractivity contribution in [1.29, 1.82) is 0 Å². The Morgan fingerprint density at radius 2 is 1.03 bits per heavy atom. The van der Waals surface area contributed by atoms with Crippen LogP contribution in [0.1, 0.15) is 132 Å². The Balaban J connectivity index is 2.17. The summed E-state index contributed by atoms with van der Waals surface area (Å²) in [4.78, 5) is 24.9. The molecule has 0 bridgehead atoms. The summed E-state index contributed by atoms with van der Waals surface area (Å²) in [6, 6.07) is 0. The summed E-state index contributed by atoms with van der Waals surface area (Å²) in [5, 5.41) is 0. The quantitative estimate of drug-likeness (QED) is 0.164. The van der Waals surface area contributed by atoms with Crippen LogP contribution in [0.5, 0.6) is 0 Å². The topological polar surface area (TPSA) is 52.6 Å². The largest absolute Gasteiger partial charge is 0.465 e. The van der Waals surface area contributed by atoms with E-state index in [-0.39, 0.29) is 23.8 Å². The molecule has 2 atom stereocenters. The number of esters is 2. The smallest absolute Gasteiger partial charge is 0.308 e. The van der Waals surface area contributed by atoms with E-state index in [9.17, 15) is 9.59 Å². The maximum atomic E-state index is 12.5. The van der Waals surface area contributed by atoms with E-state index in [2.05, 4.69) is 55.4 Å². The van der Waals surface area contributed by atoms with Gasteiger partial charge < -0.3 is 9.47 Å². The molecule has 0 spiro atoms. The van der Waals surface area contributed by atoms with E-state index in [1.807, 2.05) is 0 Å². The minimum absolute atomic E-state index is 0.0525. The number of hydrogen-bond donors (Lipinski definition) is 0. The van der Waals surface area contributed by atoms with Crippen LogP contribution >= 0.6 is 0 Å². The zero-order chi connectivity index (χ0) is 25.8. The molecule has 1 aliphatic rings. The maximum absolute atomic E-state index is 12.5. The highest BCUT2D eigenvalue weighted by molar-refractivity contribution is 5.75. The van der Waals surface area contributed by atoms with Gasteiger partial charge in [-0.15, -0.1) is 0 Å². The maximum Gasteiger partial charge on any atom is 0.308 e. The van der Waals surface area contributed by atoms with E-state index in [0.29, 0.717) is 35.9 Å². The lowest BCUT2D eigenvalue weighted by Crippen LogP contribution is -2.28. The lowest BCUT2D eigenvalue weighted by molar-refractivity contribution is -0.155. The fourth-order valence-corrected chi connectivity index (χ4v) is 5.39. The van der Waals surface area contributed by atoms with Gasteiger partial charge >= 0.3 is 11.9 Å². The Hall–Kier alpha value is -1.06. The molecule has 1 saturated carbocycles. The summed E-state index contributed by atoms with van der Waals surface area (Å²) in [5.41, 5.74) is 0.778. The SMILES string of the molecule is CCC(C)(C)CC(C)CCCOC(=O)C1CCC(C(=O)OCCCC(C)CC(C)(C)CC)CC1. The van der Waals surface area contributed by atoms with Gasteiger partial charge in [-0.1, -0.05) is 68.2 Å². The normalized spacial score (nSPS) is 21.1. The van der Waals surface area contributed by atoms with Crippen LogP contribution in [0, 0.1) is 34.5 Å². The van der Waals surface area contributed by atoms with E-state index in [4.69, 9.17) is 9.47 Å². The lowest BCUT2D eigenvalue weighted by Gasteiger charge is -2.27. The summed E-state index contributed by atoms with van der Waals surface area (Å²) in [6.07, 6.45) is 11.8. The molecule has 4 heteroatoms. The third kappa shape index (κ3) is 12.6. The summed E-state index contributed by atoms with van der Waals surface area (Å²) in [5.74, 6) is 1.06. The molecule has 0 N–H and O–H groups in total. The Morgan fingerprint density at radius 3 is 1.32 bits per heavy atom. The van der Waals surface area contributed by atoms with Gasteiger partial charge in [0.05, 0.1) is 25.0 Å². The van der Waals surface area contributed by atoms with Gasteiger partial charge in [0, 0.05) is 0 Å². The van der Waals surface area contributed by atoms with Gasteiger partial charge in [0.15, 0.2) is 0 Å². The zero-order valence-corrected chi connectivity index (χ0v) is 23.8. The van der Waals surface area contributed by atoms with E-state index in [0.717, 1.165) is 51.4 Å². The molecule has 1 aliphatic carbocycles. The van der Waals surface area contributed by atoms with Crippen molar-refractivity contribution in [3.05, 3.63) is 0 Å². The third-order valence-corrected chi connectivity index (χ3v) is 8.28. The molecule has 2 unspecified atom stereocenters. The Morgan fingerprint density at radius 1 is 0.706 bits per heavy atom. The highest BCUT2D eigenvalue weighted by atomic mass is 16.5. The number of ether oxygens (including phenoxy) is 2. The van der Waals surface area contributed by atoms with Crippen LogP contribution in [-0.4, -0.2) is 25.2 Å². The zero-order valence-electron chi connectivity index (χ0n) is 23.8. The van der Waals surface area contributed by atoms with Crippen LogP contribution in [0.3, 0.4) is 0 Å². The van der Waals surface area contributed by atoms with Crippen molar-refractivity contribution in [3.8, 4) is 0 Å². The Bertz CT molecular complexity index is 535. The van der Waals surface area contributed by atoms with Gasteiger partial charge in [-0.2, -0.15) is 0 Å². The first kappa shape index (κ1) is 31.0. The van der Waals surface area contributed by atoms with E-state index < -0.39 is 0 Å². The van der Waals surface area contributed by atoms with Crippen LogP contribution < -0.4 is 0 Å². The summed E-state index contributed by atoms with van der Waals surface area (Å²) in [7, 11) is 0. The van der Waals surface area contributed by atoms with Gasteiger partial charge in [0.2, 0.25) is 0 Å². The number of rotatable bonds is 16. The van der Waals surface area contributed by atoms with Crippen LogP contribution in [0.4, 0.5) is 0 Å². The summed E-state index contributed by atoms with van der Waals surface area (Å²) >= 11 is 0. The van der Waals surface area contributed by atoms with Crippen molar-refractivity contribution >= 4 is 11.9 Å². The first-order chi connectivity index (χ1) is 15.9. The predicted octanol–water partition coefficient (Wildman–Crippen LogP) is 8.36. The highest BCUT2D eigenvalue weighted by Gasteiger charge is 2.31. The molecule has 0 aromatic heterocycles. The molecule has 0 aliphatic heterocycles. The minimum Gasteiger partial charge on any atom is -0.465 e. The molecule has 34 heavy (non-hydrogen) atoms. The molecule has 0 radical (unpaired) electrons. The molecule has 4 nitrogen and oxygen atoms in total. The fourth-order valence-electron chi connectivity index (χ4n) is 5.39. The average molecular weight is 481 g/mol. The Kier molecular flexibility index (Phi) is 13.8. The molecule has 200 valence electrons. The predicted molar refractivity (Wildman–Crippen MR) is 142 cm³/mol. The lowest BCUT2D eigenvalue weighted by atomic mass is 9.80. The van der Waals surface area contributed by atoms with E-state index in [1.165, 1.54) is 25.7 Å².